The normalized spacial score (nSPS) is 12.7. The molecule has 8 nitrogen and oxygen atoms in total. The van der Waals surface area contributed by atoms with Crippen LogP contribution in [-0.4, -0.2) is 33.6 Å². The smallest absolute Gasteiger partial charge is 0.247 e. The van der Waals surface area contributed by atoms with Crippen LogP contribution in [0.25, 0.3) is 0 Å². The summed E-state index contributed by atoms with van der Waals surface area (Å²) in [6.45, 7) is 1.76. The molecule has 4 N–H and O–H groups in total. The fraction of sp³-hybridized carbons (Fsp3) is 0.300. The zero-order chi connectivity index (χ0) is 15.7. The molecule has 21 heavy (non-hydrogen) atoms. The molecule has 0 fully saturated rings. The molecule has 0 amide bonds. The Bertz CT molecular complexity index is 835. The summed E-state index contributed by atoms with van der Waals surface area (Å²) in [4.78, 5) is 0.824. The highest BCUT2D eigenvalue weighted by atomic mass is 32.2. The van der Waals surface area contributed by atoms with Crippen molar-refractivity contribution in [2.45, 2.75) is 22.4 Å². The number of aryl methyl sites for hydroxylation is 1. The van der Waals surface area contributed by atoms with E-state index in [4.69, 9.17) is 5.14 Å². The summed E-state index contributed by atoms with van der Waals surface area (Å²) in [7, 11) is -7.33. The topological polar surface area (TPSA) is 135 Å². The Labute approximate surface area is 126 Å². The number of nitrogens with one attached hydrogen (secondary N) is 2. The molecule has 0 spiro atoms. The second kappa shape index (κ2) is 5.85. The van der Waals surface area contributed by atoms with Gasteiger partial charge in [-0.05, 0) is 25.5 Å². The number of hydrogen-bond acceptors (Lipinski definition) is 6. The second-order valence-electron chi connectivity index (χ2n) is 4.27. The monoisotopic (exact) mass is 350 g/mol. The summed E-state index contributed by atoms with van der Waals surface area (Å²) >= 11 is 1.02. The minimum absolute atomic E-state index is 0.0611. The van der Waals surface area contributed by atoms with Crippen molar-refractivity contribution in [3.63, 3.8) is 0 Å². The van der Waals surface area contributed by atoms with E-state index in [9.17, 15) is 16.8 Å². The van der Waals surface area contributed by atoms with E-state index in [1.165, 1.54) is 12.3 Å². The lowest BCUT2D eigenvalue weighted by Crippen LogP contribution is -2.26. The van der Waals surface area contributed by atoms with Gasteiger partial charge >= 0.3 is 0 Å². The molecule has 0 unspecified atom stereocenters. The number of aromatic amines is 1. The lowest BCUT2D eigenvalue weighted by molar-refractivity contribution is 0.581. The first-order chi connectivity index (χ1) is 9.70. The number of hydrogen-bond donors (Lipinski definition) is 3. The van der Waals surface area contributed by atoms with Crippen molar-refractivity contribution in [3.05, 3.63) is 28.9 Å². The van der Waals surface area contributed by atoms with Gasteiger partial charge in [0.25, 0.3) is 0 Å². The zero-order valence-electron chi connectivity index (χ0n) is 11.0. The van der Waals surface area contributed by atoms with Gasteiger partial charge in [-0.15, -0.1) is 11.3 Å². The summed E-state index contributed by atoms with van der Waals surface area (Å²) in [6.07, 6.45) is 1.61. The van der Waals surface area contributed by atoms with Crippen molar-refractivity contribution in [2.24, 2.45) is 5.14 Å². The molecule has 2 aromatic heterocycles. The molecule has 0 aliphatic heterocycles. The van der Waals surface area contributed by atoms with Crippen molar-refractivity contribution >= 4 is 31.4 Å². The van der Waals surface area contributed by atoms with Gasteiger partial charge < -0.3 is 0 Å². The van der Waals surface area contributed by atoms with Crippen LogP contribution in [0.3, 0.4) is 0 Å². The van der Waals surface area contributed by atoms with Gasteiger partial charge in [0.05, 0.1) is 11.9 Å². The van der Waals surface area contributed by atoms with E-state index in [2.05, 4.69) is 14.9 Å². The molecule has 2 heterocycles. The third-order valence-electron chi connectivity index (χ3n) is 2.65. The summed E-state index contributed by atoms with van der Waals surface area (Å²) < 4.78 is 48.7. The van der Waals surface area contributed by atoms with Crippen LogP contribution in [0.2, 0.25) is 0 Å². The van der Waals surface area contributed by atoms with Gasteiger partial charge in [0, 0.05) is 11.4 Å². The van der Waals surface area contributed by atoms with Crippen LogP contribution in [0.4, 0.5) is 0 Å². The maximum atomic E-state index is 12.0. The standard InChI is InChI=1S/C10H14N4O4S3/c1-7-9(6-12-14-7)21(17,18)13-5-4-8-2-3-10(19-8)20(11,15)16/h2-3,6,13H,4-5H2,1H3,(H,12,14)(H2,11,15,16). The highest BCUT2D eigenvalue weighted by Crippen LogP contribution is 2.20. The molecule has 116 valence electrons. The highest BCUT2D eigenvalue weighted by Gasteiger charge is 2.18. The first-order valence-electron chi connectivity index (χ1n) is 5.81. The summed E-state index contributed by atoms with van der Waals surface area (Å²) in [5, 5.41) is 11.2. The Balaban J connectivity index is 1.99. The molecule has 0 aliphatic rings. The van der Waals surface area contributed by atoms with E-state index in [0.29, 0.717) is 12.1 Å². The predicted molar refractivity (Wildman–Crippen MR) is 77.9 cm³/mol. The van der Waals surface area contributed by atoms with E-state index in [1.54, 1.807) is 13.0 Å². The molecule has 0 aliphatic carbocycles. The molecule has 0 radical (unpaired) electrons. The third kappa shape index (κ3) is 3.89. The van der Waals surface area contributed by atoms with Gasteiger partial charge in [0.15, 0.2) is 0 Å². The van der Waals surface area contributed by atoms with Gasteiger partial charge in [-0.1, -0.05) is 0 Å². The van der Waals surface area contributed by atoms with Crippen LogP contribution in [0.15, 0.2) is 27.4 Å². The van der Waals surface area contributed by atoms with Gasteiger partial charge in [0.2, 0.25) is 20.0 Å². The number of rotatable bonds is 6. The van der Waals surface area contributed by atoms with Gasteiger partial charge in [-0.2, -0.15) is 5.10 Å². The molecule has 0 atom stereocenters. The number of sulfonamides is 2. The van der Waals surface area contributed by atoms with E-state index in [-0.39, 0.29) is 15.6 Å². The largest absolute Gasteiger partial charge is 0.281 e. The second-order valence-corrected chi connectivity index (χ2v) is 8.96. The average molecular weight is 350 g/mol. The number of thiophene rings is 1. The van der Waals surface area contributed by atoms with E-state index < -0.39 is 20.0 Å². The van der Waals surface area contributed by atoms with Crippen LogP contribution in [0, 0.1) is 6.92 Å². The molecular weight excluding hydrogens is 336 g/mol. The minimum atomic E-state index is -3.71. The van der Waals surface area contributed by atoms with Crippen LogP contribution in [0.1, 0.15) is 10.6 Å². The zero-order valence-corrected chi connectivity index (χ0v) is 13.5. The van der Waals surface area contributed by atoms with Gasteiger partial charge in [0.1, 0.15) is 9.10 Å². The molecular formula is C10H14N4O4S3. The molecule has 0 bridgehead atoms. The number of nitrogens with zero attached hydrogens (tertiary/aromatic N) is 1. The van der Waals surface area contributed by atoms with E-state index >= 15 is 0 Å². The SMILES string of the molecule is Cc1[nH]ncc1S(=O)(=O)NCCc1ccc(S(N)(=O)=O)s1. The molecule has 0 saturated heterocycles. The number of nitrogens with two attached hydrogens (primary N) is 1. The van der Waals surface area contributed by atoms with E-state index in [1.807, 2.05) is 0 Å². The average Bonchev–Trinajstić information content (AvgIpc) is 2.97. The van der Waals surface area contributed by atoms with Crippen LogP contribution < -0.4 is 9.86 Å². The van der Waals surface area contributed by atoms with Crippen LogP contribution in [-0.2, 0) is 26.5 Å². The molecule has 0 saturated carbocycles. The first kappa shape index (κ1) is 16.1. The molecule has 11 heteroatoms. The summed E-state index contributed by atoms with van der Waals surface area (Å²) in [5.74, 6) is 0. The number of H-pyrrole nitrogens is 1. The predicted octanol–water partition coefficient (Wildman–Crippen LogP) is -0.0520. The lowest BCUT2D eigenvalue weighted by atomic mass is 10.3. The van der Waals surface area contributed by atoms with Gasteiger partial charge in [-0.25, -0.2) is 26.7 Å². The number of aromatic nitrogens is 2. The Morgan fingerprint density at radius 3 is 2.57 bits per heavy atom. The van der Waals surface area contributed by atoms with Crippen molar-refractivity contribution in [2.75, 3.05) is 6.54 Å². The van der Waals surface area contributed by atoms with Crippen molar-refractivity contribution < 1.29 is 16.8 Å². The summed E-state index contributed by atoms with van der Waals surface area (Å²) in [5.41, 5.74) is 0.454. The first-order valence-corrected chi connectivity index (χ1v) is 9.66. The Morgan fingerprint density at radius 1 is 1.33 bits per heavy atom. The Kier molecular flexibility index (Phi) is 4.49. The maximum Gasteiger partial charge on any atom is 0.247 e. The summed E-state index contributed by atoms with van der Waals surface area (Å²) in [6, 6.07) is 3.02. The molecule has 2 rings (SSSR count). The van der Waals surface area contributed by atoms with Crippen LogP contribution in [0.5, 0.6) is 0 Å². The van der Waals surface area contributed by atoms with Crippen molar-refractivity contribution in [1.29, 1.82) is 0 Å². The third-order valence-corrected chi connectivity index (χ3v) is 6.81. The molecule has 2 aromatic rings. The Hall–Kier alpha value is -1.27. The Morgan fingerprint density at radius 2 is 2.05 bits per heavy atom. The van der Waals surface area contributed by atoms with E-state index in [0.717, 1.165) is 16.2 Å². The highest BCUT2D eigenvalue weighted by molar-refractivity contribution is 7.91. The fourth-order valence-corrected chi connectivity index (χ4v) is 4.59. The van der Waals surface area contributed by atoms with Gasteiger partial charge in [-0.3, -0.25) is 5.10 Å². The molecule has 0 aromatic carbocycles. The van der Waals surface area contributed by atoms with Crippen LogP contribution >= 0.6 is 11.3 Å². The maximum absolute atomic E-state index is 12.0. The van der Waals surface area contributed by atoms with Crippen molar-refractivity contribution in [3.8, 4) is 0 Å². The lowest BCUT2D eigenvalue weighted by Gasteiger charge is -2.04. The van der Waals surface area contributed by atoms with Crippen molar-refractivity contribution in [1.82, 2.24) is 14.9 Å². The fourth-order valence-electron chi connectivity index (χ4n) is 1.64. The quantitative estimate of drug-likeness (QED) is 0.671. The number of primary sulfonamides is 1. The minimum Gasteiger partial charge on any atom is -0.281 e.